The molecular weight excluding hydrogens is 769 g/mol. The number of hydrogen-bond donors (Lipinski definition) is 0. The third kappa shape index (κ3) is 48.1. The maximum absolute atomic E-state index is 12.8. The molecule has 0 fully saturated rings. The Labute approximate surface area is 383 Å². The van der Waals surface area contributed by atoms with E-state index < -0.39 is 6.10 Å². The van der Waals surface area contributed by atoms with Crippen molar-refractivity contribution in [3.63, 3.8) is 0 Å². The molecule has 0 aromatic rings. The molecule has 0 aromatic heterocycles. The van der Waals surface area contributed by atoms with Crippen molar-refractivity contribution in [1.29, 1.82) is 0 Å². The van der Waals surface area contributed by atoms with Gasteiger partial charge in [0.2, 0.25) is 0 Å². The Morgan fingerprint density at radius 2 is 0.613 bits per heavy atom. The lowest BCUT2D eigenvalue weighted by Crippen LogP contribution is -2.30. The summed E-state index contributed by atoms with van der Waals surface area (Å²) in [6.07, 6.45) is 61.9. The number of esters is 3. The minimum atomic E-state index is -0.780. The first-order chi connectivity index (χ1) is 30.5. The van der Waals surface area contributed by atoms with Crippen molar-refractivity contribution in [2.45, 2.75) is 264 Å². The SMILES string of the molecule is CCC\C=C/C=C\C=C/C=C\C=C/CCCCCCCC(=O)OCC(COC(=O)CCCCCCCCCCCCCCC)OC(=O)CCCCCCCCCCCCCCC. The van der Waals surface area contributed by atoms with E-state index in [-0.39, 0.29) is 31.1 Å². The lowest BCUT2D eigenvalue weighted by atomic mass is 10.0. The van der Waals surface area contributed by atoms with E-state index in [1.165, 1.54) is 135 Å². The molecule has 0 radical (unpaired) electrons. The van der Waals surface area contributed by atoms with Gasteiger partial charge in [-0.3, -0.25) is 14.4 Å². The Bertz CT molecular complexity index is 1130. The summed E-state index contributed by atoms with van der Waals surface area (Å²) in [6.45, 7) is 6.54. The fourth-order valence-corrected chi connectivity index (χ4v) is 7.41. The molecule has 0 aliphatic heterocycles. The molecule has 0 saturated carbocycles. The average molecular weight is 867 g/mol. The molecule has 6 nitrogen and oxygen atoms in total. The van der Waals surface area contributed by atoms with Crippen LogP contribution in [0.1, 0.15) is 258 Å². The summed E-state index contributed by atoms with van der Waals surface area (Å²) in [6, 6.07) is 0. The normalized spacial score (nSPS) is 12.5. The number of allylic oxidation sites excluding steroid dienone is 10. The first kappa shape index (κ1) is 59.1. The predicted octanol–water partition coefficient (Wildman–Crippen LogP) is 17.3. The highest BCUT2D eigenvalue weighted by atomic mass is 16.6. The van der Waals surface area contributed by atoms with Crippen LogP contribution in [0, 0.1) is 0 Å². The molecule has 0 rings (SSSR count). The zero-order valence-electron chi connectivity index (χ0n) is 40.9. The van der Waals surface area contributed by atoms with Gasteiger partial charge >= 0.3 is 17.9 Å². The van der Waals surface area contributed by atoms with Crippen molar-refractivity contribution in [2.75, 3.05) is 13.2 Å². The zero-order chi connectivity index (χ0) is 45.1. The molecule has 1 atom stereocenters. The minimum Gasteiger partial charge on any atom is -0.462 e. The van der Waals surface area contributed by atoms with E-state index in [1.54, 1.807) is 0 Å². The highest BCUT2D eigenvalue weighted by molar-refractivity contribution is 5.71. The Hall–Kier alpha value is -2.89. The topological polar surface area (TPSA) is 78.9 Å². The monoisotopic (exact) mass is 867 g/mol. The molecule has 6 heteroatoms. The predicted molar refractivity (Wildman–Crippen MR) is 265 cm³/mol. The van der Waals surface area contributed by atoms with Crippen LogP contribution in [0.2, 0.25) is 0 Å². The van der Waals surface area contributed by atoms with Crippen LogP contribution in [0.25, 0.3) is 0 Å². The van der Waals surface area contributed by atoms with Crippen LogP contribution in [-0.2, 0) is 28.6 Å². The summed E-state index contributed by atoms with van der Waals surface area (Å²) in [5, 5.41) is 0. The summed E-state index contributed by atoms with van der Waals surface area (Å²) < 4.78 is 16.8. The van der Waals surface area contributed by atoms with Gasteiger partial charge in [0.05, 0.1) is 0 Å². The molecule has 1 unspecified atom stereocenters. The molecule has 62 heavy (non-hydrogen) atoms. The van der Waals surface area contributed by atoms with Crippen molar-refractivity contribution in [3.05, 3.63) is 60.8 Å². The third-order valence-electron chi connectivity index (χ3n) is 11.4. The molecular formula is C56H98O6. The van der Waals surface area contributed by atoms with E-state index in [0.717, 1.165) is 83.5 Å². The number of unbranched alkanes of at least 4 members (excludes halogenated alkanes) is 30. The number of rotatable bonds is 47. The molecule has 0 amide bonds. The lowest BCUT2D eigenvalue weighted by molar-refractivity contribution is -0.167. The van der Waals surface area contributed by atoms with Crippen LogP contribution in [0.4, 0.5) is 0 Å². The fraction of sp³-hybridized carbons (Fsp3) is 0.768. The summed E-state index contributed by atoms with van der Waals surface area (Å²) in [5.74, 6) is -0.897. The second-order valence-electron chi connectivity index (χ2n) is 17.6. The molecule has 0 heterocycles. The highest BCUT2D eigenvalue weighted by Gasteiger charge is 2.19. The third-order valence-corrected chi connectivity index (χ3v) is 11.4. The van der Waals surface area contributed by atoms with Gasteiger partial charge in [0.1, 0.15) is 13.2 Å². The summed E-state index contributed by atoms with van der Waals surface area (Å²) in [4.78, 5) is 38.0. The quantitative estimate of drug-likeness (QED) is 0.0262. The Kier molecular flexibility index (Phi) is 48.4. The van der Waals surface area contributed by atoms with Gasteiger partial charge in [0.15, 0.2) is 6.10 Å². The summed E-state index contributed by atoms with van der Waals surface area (Å²) in [7, 11) is 0. The van der Waals surface area contributed by atoms with Crippen molar-refractivity contribution in [3.8, 4) is 0 Å². The lowest BCUT2D eigenvalue weighted by Gasteiger charge is -2.18. The number of carbonyl (C=O) groups is 3. The molecule has 0 N–H and O–H groups in total. The Morgan fingerprint density at radius 3 is 0.968 bits per heavy atom. The smallest absolute Gasteiger partial charge is 0.306 e. The van der Waals surface area contributed by atoms with E-state index >= 15 is 0 Å². The maximum Gasteiger partial charge on any atom is 0.306 e. The second kappa shape index (κ2) is 50.8. The number of carbonyl (C=O) groups excluding carboxylic acids is 3. The van der Waals surface area contributed by atoms with Crippen molar-refractivity contribution >= 4 is 17.9 Å². The largest absolute Gasteiger partial charge is 0.462 e. The zero-order valence-corrected chi connectivity index (χ0v) is 40.9. The minimum absolute atomic E-state index is 0.0792. The Morgan fingerprint density at radius 1 is 0.323 bits per heavy atom. The van der Waals surface area contributed by atoms with Crippen molar-refractivity contribution < 1.29 is 28.6 Å². The van der Waals surface area contributed by atoms with Gasteiger partial charge < -0.3 is 14.2 Å². The second-order valence-corrected chi connectivity index (χ2v) is 17.6. The van der Waals surface area contributed by atoms with Crippen LogP contribution in [0.3, 0.4) is 0 Å². The number of hydrogen-bond acceptors (Lipinski definition) is 6. The van der Waals surface area contributed by atoms with Gasteiger partial charge in [-0.05, 0) is 38.5 Å². The van der Waals surface area contributed by atoms with Crippen LogP contribution in [-0.4, -0.2) is 37.2 Å². The van der Waals surface area contributed by atoms with E-state index in [4.69, 9.17) is 14.2 Å². The maximum atomic E-state index is 12.8. The van der Waals surface area contributed by atoms with Gasteiger partial charge in [-0.15, -0.1) is 0 Å². The fourth-order valence-electron chi connectivity index (χ4n) is 7.41. The van der Waals surface area contributed by atoms with Crippen molar-refractivity contribution in [2.24, 2.45) is 0 Å². The van der Waals surface area contributed by atoms with Gasteiger partial charge in [-0.2, -0.15) is 0 Å². The van der Waals surface area contributed by atoms with Gasteiger partial charge in [-0.1, -0.05) is 261 Å². The molecule has 0 aliphatic carbocycles. The molecule has 0 aromatic carbocycles. The van der Waals surface area contributed by atoms with Crippen LogP contribution >= 0.6 is 0 Å². The average Bonchev–Trinajstić information content (AvgIpc) is 3.27. The van der Waals surface area contributed by atoms with E-state index in [2.05, 4.69) is 57.2 Å². The van der Waals surface area contributed by atoms with Crippen molar-refractivity contribution in [1.82, 2.24) is 0 Å². The first-order valence-electron chi connectivity index (χ1n) is 26.4. The highest BCUT2D eigenvalue weighted by Crippen LogP contribution is 2.16. The molecule has 358 valence electrons. The van der Waals surface area contributed by atoms with Crippen LogP contribution in [0.15, 0.2) is 60.8 Å². The number of ether oxygens (including phenoxy) is 3. The van der Waals surface area contributed by atoms with Crippen LogP contribution < -0.4 is 0 Å². The standard InChI is InChI=1S/C56H98O6/c1-4-7-10-13-16-19-22-25-26-27-28-29-32-34-37-40-43-46-49-55(58)61-52-53(62-56(59)50-47-44-41-38-35-31-24-21-18-15-12-9-6-3)51-60-54(57)48-45-42-39-36-33-30-23-20-17-14-11-8-5-2/h10,13,16,19,22,25-29,53H,4-9,11-12,14-15,17-18,20-21,23-24,30-52H2,1-3H3/b13-10-,19-16-,25-22-,27-26-,29-28-. The Balaban J connectivity index is 4.41. The molecule has 0 aliphatic rings. The molecule has 0 bridgehead atoms. The van der Waals surface area contributed by atoms with Crippen LogP contribution in [0.5, 0.6) is 0 Å². The molecule has 0 saturated heterocycles. The van der Waals surface area contributed by atoms with Gasteiger partial charge in [0.25, 0.3) is 0 Å². The van der Waals surface area contributed by atoms with E-state index in [9.17, 15) is 14.4 Å². The van der Waals surface area contributed by atoms with Gasteiger partial charge in [-0.25, -0.2) is 0 Å². The van der Waals surface area contributed by atoms with E-state index in [0.29, 0.717) is 19.3 Å². The molecule has 0 spiro atoms. The van der Waals surface area contributed by atoms with Gasteiger partial charge in [0, 0.05) is 19.3 Å². The van der Waals surface area contributed by atoms with E-state index in [1.807, 2.05) is 24.3 Å². The summed E-state index contributed by atoms with van der Waals surface area (Å²) >= 11 is 0. The first-order valence-corrected chi connectivity index (χ1v) is 26.4. The summed E-state index contributed by atoms with van der Waals surface area (Å²) in [5.41, 5.74) is 0.